The number of anilines is 1. The molecule has 0 aliphatic heterocycles. The highest BCUT2D eigenvalue weighted by Gasteiger charge is 2.31. The lowest BCUT2D eigenvalue weighted by Gasteiger charge is -2.24. The van der Waals surface area contributed by atoms with Crippen molar-refractivity contribution in [2.24, 2.45) is 5.92 Å². The highest BCUT2D eigenvalue weighted by atomic mass is 16.5. The van der Waals surface area contributed by atoms with Crippen molar-refractivity contribution in [2.45, 2.75) is 32.4 Å². The zero-order valence-corrected chi connectivity index (χ0v) is 23.1. The Hall–Kier alpha value is -5.25. The van der Waals surface area contributed by atoms with Crippen LogP contribution in [0.15, 0.2) is 84.9 Å². The van der Waals surface area contributed by atoms with Crippen LogP contribution < -0.4 is 20.7 Å². The normalized spacial score (nSPS) is 12.4. The zero-order chi connectivity index (χ0) is 30.2. The molecule has 0 aliphatic rings. The second-order valence-electron chi connectivity index (χ2n) is 10.1. The topological polar surface area (TPSA) is 151 Å². The summed E-state index contributed by atoms with van der Waals surface area (Å²) in [5.74, 6) is -4.90. The molecule has 0 aromatic heterocycles. The van der Waals surface area contributed by atoms with Gasteiger partial charge in [0.1, 0.15) is 24.4 Å². The number of carboxylic acids is 1. The second-order valence-corrected chi connectivity index (χ2v) is 10.1. The van der Waals surface area contributed by atoms with Crippen LogP contribution >= 0.6 is 0 Å². The van der Waals surface area contributed by atoms with E-state index >= 15 is 0 Å². The largest absolute Gasteiger partial charge is 0.486 e. The molecule has 0 radical (unpaired) electrons. The molecule has 4 aromatic rings. The summed E-state index contributed by atoms with van der Waals surface area (Å²) in [6, 6.07) is 22.8. The average molecular weight is 570 g/mol. The van der Waals surface area contributed by atoms with Crippen LogP contribution in [-0.4, -0.2) is 53.3 Å². The number of ether oxygens (including phenoxy) is 1. The predicted octanol–water partition coefficient (Wildman–Crippen LogP) is 3.68. The quantitative estimate of drug-likeness (QED) is 0.201. The fourth-order valence-electron chi connectivity index (χ4n) is 4.45. The fourth-order valence-corrected chi connectivity index (χ4v) is 4.45. The Morgan fingerprint density at radius 3 is 2.14 bits per heavy atom. The van der Waals surface area contributed by atoms with E-state index in [1.807, 2.05) is 48.5 Å². The summed E-state index contributed by atoms with van der Waals surface area (Å²) in [5.41, 5.74) is 0.428. The van der Waals surface area contributed by atoms with Gasteiger partial charge < -0.3 is 25.8 Å². The standard InChI is InChI=1S/C32H31N3O7/c1-19(2)29(35-32(41)31(40)33-25-13-7-11-21-9-5-6-12-24(21)25)30(39)34-26(17-28(37)38)27(36)18-42-23-15-14-20-8-3-4-10-22(20)16-23/h3-16,19,26,29H,17-18H2,1-2H3,(H,33,40)(H,34,39)(H,35,41)(H,37,38)/t26-,29-/m0/s1. The molecule has 10 nitrogen and oxygen atoms in total. The van der Waals surface area contributed by atoms with Crippen molar-refractivity contribution in [1.82, 2.24) is 10.6 Å². The van der Waals surface area contributed by atoms with Gasteiger partial charge in [0.05, 0.1) is 6.42 Å². The number of Topliss-reactive ketones (excluding diaryl/α,β-unsaturated/α-hetero) is 1. The Morgan fingerprint density at radius 1 is 0.762 bits per heavy atom. The third-order valence-corrected chi connectivity index (χ3v) is 6.67. The van der Waals surface area contributed by atoms with Crippen molar-refractivity contribution in [2.75, 3.05) is 11.9 Å². The first kappa shape index (κ1) is 29.7. The van der Waals surface area contributed by atoms with E-state index in [9.17, 15) is 29.1 Å². The van der Waals surface area contributed by atoms with E-state index < -0.39 is 60.5 Å². The van der Waals surface area contributed by atoms with Crippen LogP contribution in [0.4, 0.5) is 5.69 Å². The van der Waals surface area contributed by atoms with Gasteiger partial charge in [0.2, 0.25) is 5.91 Å². The number of carbonyl (C=O) groups is 5. The lowest BCUT2D eigenvalue weighted by atomic mass is 10.0. The van der Waals surface area contributed by atoms with Crippen molar-refractivity contribution in [3.63, 3.8) is 0 Å². The maximum absolute atomic E-state index is 13.1. The number of aliphatic carboxylic acids is 1. The molecule has 0 saturated heterocycles. The molecular weight excluding hydrogens is 538 g/mol. The zero-order valence-electron chi connectivity index (χ0n) is 23.1. The summed E-state index contributed by atoms with van der Waals surface area (Å²) in [6.45, 7) is 2.80. The third kappa shape index (κ3) is 7.48. The van der Waals surface area contributed by atoms with Crippen LogP contribution in [0.2, 0.25) is 0 Å². The minimum Gasteiger partial charge on any atom is -0.486 e. The summed E-state index contributed by atoms with van der Waals surface area (Å²) in [4.78, 5) is 63.0. The molecule has 216 valence electrons. The van der Waals surface area contributed by atoms with Gasteiger partial charge in [-0.25, -0.2) is 0 Å². The summed E-state index contributed by atoms with van der Waals surface area (Å²) in [7, 11) is 0. The van der Waals surface area contributed by atoms with Gasteiger partial charge in [0.15, 0.2) is 5.78 Å². The van der Waals surface area contributed by atoms with E-state index in [1.54, 1.807) is 50.2 Å². The van der Waals surface area contributed by atoms with E-state index in [0.29, 0.717) is 11.4 Å². The Bertz CT molecular complexity index is 1640. The van der Waals surface area contributed by atoms with E-state index in [2.05, 4.69) is 16.0 Å². The number of hydrogen-bond acceptors (Lipinski definition) is 6. The van der Waals surface area contributed by atoms with Gasteiger partial charge in [0, 0.05) is 11.1 Å². The van der Waals surface area contributed by atoms with E-state index in [0.717, 1.165) is 21.5 Å². The van der Waals surface area contributed by atoms with Gasteiger partial charge in [-0.3, -0.25) is 24.0 Å². The molecule has 0 aliphatic carbocycles. The van der Waals surface area contributed by atoms with E-state index in [1.165, 1.54) is 0 Å². The molecule has 0 bridgehead atoms. The smallest absolute Gasteiger partial charge is 0.313 e. The molecule has 4 N–H and O–H groups in total. The first-order chi connectivity index (χ1) is 20.1. The number of nitrogens with one attached hydrogen (secondary N) is 3. The number of ketones is 1. The number of fused-ring (bicyclic) bond motifs is 2. The minimum atomic E-state index is -1.42. The van der Waals surface area contributed by atoms with Crippen LogP contribution in [-0.2, 0) is 24.0 Å². The van der Waals surface area contributed by atoms with Crippen LogP contribution in [0.25, 0.3) is 21.5 Å². The summed E-state index contributed by atoms with van der Waals surface area (Å²) in [5, 5.41) is 20.2. The molecule has 4 rings (SSSR count). The first-order valence-corrected chi connectivity index (χ1v) is 13.4. The van der Waals surface area contributed by atoms with Crippen LogP contribution in [0.3, 0.4) is 0 Å². The third-order valence-electron chi connectivity index (χ3n) is 6.67. The molecule has 0 unspecified atom stereocenters. The number of carbonyl (C=O) groups excluding carboxylic acids is 4. The van der Waals surface area contributed by atoms with E-state index in [-0.39, 0.29) is 0 Å². The molecule has 0 spiro atoms. The molecule has 0 fully saturated rings. The van der Waals surface area contributed by atoms with Crippen molar-refractivity contribution in [3.05, 3.63) is 84.9 Å². The second kappa shape index (κ2) is 13.4. The minimum absolute atomic E-state index is 0.409. The number of rotatable bonds is 11. The van der Waals surface area contributed by atoms with Crippen molar-refractivity contribution >= 4 is 56.7 Å². The molecule has 42 heavy (non-hydrogen) atoms. The van der Waals surface area contributed by atoms with Crippen LogP contribution in [0.5, 0.6) is 5.75 Å². The molecule has 4 aromatic carbocycles. The van der Waals surface area contributed by atoms with Crippen molar-refractivity contribution in [3.8, 4) is 5.75 Å². The molecule has 3 amide bonds. The molecule has 10 heteroatoms. The van der Waals surface area contributed by atoms with Crippen LogP contribution in [0, 0.1) is 5.92 Å². The molecular formula is C32H31N3O7. The monoisotopic (exact) mass is 569 g/mol. The predicted molar refractivity (Wildman–Crippen MR) is 158 cm³/mol. The lowest BCUT2D eigenvalue weighted by Crippen LogP contribution is -2.56. The van der Waals surface area contributed by atoms with Crippen molar-refractivity contribution in [1.29, 1.82) is 0 Å². The Labute approximate surface area is 242 Å². The average Bonchev–Trinajstić information content (AvgIpc) is 2.97. The van der Waals surface area contributed by atoms with Gasteiger partial charge >= 0.3 is 17.8 Å². The number of hydrogen-bond donors (Lipinski definition) is 4. The maximum atomic E-state index is 13.1. The highest BCUT2D eigenvalue weighted by molar-refractivity contribution is 6.40. The van der Waals surface area contributed by atoms with E-state index in [4.69, 9.17) is 4.74 Å². The van der Waals surface area contributed by atoms with Gasteiger partial charge in [-0.2, -0.15) is 0 Å². The highest BCUT2D eigenvalue weighted by Crippen LogP contribution is 2.23. The van der Waals surface area contributed by atoms with Gasteiger partial charge in [-0.1, -0.05) is 80.6 Å². The Kier molecular flexibility index (Phi) is 9.49. The SMILES string of the molecule is CC(C)[C@H](NC(=O)C(=O)Nc1cccc2ccccc12)C(=O)N[C@@H](CC(=O)O)C(=O)COc1ccc2ccccc2c1. The number of carboxylic acid groups (broad SMARTS) is 1. The number of amides is 3. The fraction of sp³-hybridized carbons (Fsp3) is 0.219. The Balaban J connectivity index is 1.40. The van der Waals surface area contributed by atoms with Gasteiger partial charge in [0.25, 0.3) is 0 Å². The number of benzene rings is 4. The Morgan fingerprint density at radius 2 is 1.43 bits per heavy atom. The first-order valence-electron chi connectivity index (χ1n) is 13.4. The molecule has 0 saturated carbocycles. The molecule has 0 heterocycles. The van der Waals surface area contributed by atoms with Crippen molar-refractivity contribution < 1.29 is 33.8 Å². The van der Waals surface area contributed by atoms with Gasteiger partial charge in [-0.05, 0) is 40.3 Å². The summed E-state index contributed by atoms with van der Waals surface area (Å²) >= 11 is 0. The van der Waals surface area contributed by atoms with Crippen LogP contribution in [0.1, 0.15) is 20.3 Å². The van der Waals surface area contributed by atoms with Gasteiger partial charge in [-0.15, -0.1) is 0 Å². The summed E-state index contributed by atoms with van der Waals surface area (Å²) in [6.07, 6.45) is -0.689. The lowest BCUT2D eigenvalue weighted by molar-refractivity contribution is -0.141. The molecule has 2 atom stereocenters. The maximum Gasteiger partial charge on any atom is 0.313 e. The summed E-state index contributed by atoms with van der Waals surface area (Å²) < 4.78 is 5.59.